The van der Waals surface area contributed by atoms with Gasteiger partial charge in [-0.25, -0.2) is 0 Å². The van der Waals surface area contributed by atoms with Crippen LogP contribution in [0.4, 0.5) is 5.95 Å². The fourth-order valence-corrected chi connectivity index (χ4v) is 3.33. The molecule has 0 aromatic carbocycles. The van der Waals surface area contributed by atoms with Gasteiger partial charge in [0, 0.05) is 25.7 Å². The molecule has 0 radical (unpaired) electrons. The minimum Gasteiger partial charge on any atom is -0.335 e. The van der Waals surface area contributed by atoms with Gasteiger partial charge in [0.05, 0.1) is 5.75 Å². The summed E-state index contributed by atoms with van der Waals surface area (Å²) in [4.78, 5) is 6.98. The van der Waals surface area contributed by atoms with E-state index >= 15 is 0 Å². The number of H-pyrrole nitrogens is 1. The van der Waals surface area contributed by atoms with Crippen molar-refractivity contribution in [3.63, 3.8) is 0 Å². The Morgan fingerprint density at radius 3 is 3.29 bits per heavy atom. The maximum absolute atomic E-state index is 4.59. The van der Waals surface area contributed by atoms with E-state index in [-0.39, 0.29) is 0 Å². The van der Waals surface area contributed by atoms with E-state index in [2.05, 4.69) is 31.7 Å². The molecule has 0 aliphatic carbocycles. The van der Waals surface area contributed by atoms with E-state index in [0.29, 0.717) is 6.04 Å². The van der Waals surface area contributed by atoms with Crippen LogP contribution >= 0.6 is 11.8 Å². The maximum Gasteiger partial charge on any atom is 0.245 e. The molecule has 2 saturated heterocycles. The van der Waals surface area contributed by atoms with Gasteiger partial charge in [0.2, 0.25) is 5.95 Å². The smallest absolute Gasteiger partial charge is 0.245 e. The average Bonchev–Trinajstić information content (AvgIpc) is 2.96. The van der Waals surface area contributed by atoms with Crippen molar-refractivity contribution in [1.82, 2.24) is 20.5 Å². The van der Waals surface area contributed by atoms with Gasteiger partial charge in [0.1, 0.15) is 5.82 Å². The van der Waals surface area contributed by atoms with Crippen LogP contribution in [-0.2, 0) is 5.75 Å². The van der Waals surface area contributed by atoms with Gasteiger partial charge in [0.15, 0.2) is 0 Å². The first-order chi connectivity index (χ1) is 8.38. The van der Waals surface area contributed by atoms with Crippen LogP contribution in [0.25, 0.3) is 0 Å². The van der Waals surface area contributed by atoms with Crippen LogP contribution in [0.15, 0.2) is 0 Å². The van der Waals surface area contributed by atoms with E-state index in [4.69, 9.17) is 0 Å². The lowest BCUT2D eigenvalue weighted by Crippen LogP contribution is -2.45. The Balaban J connectivity index is 1.77. The summed E-state index contributed by atoms with van der Waals surface area (Å²) in [5.74, 6) is 3.58. The quantitative estimate of drug-likeness (QED) is 0.836. The van der Waals surface area contributed by atoms with Crippen LogP contribution in [0.1, 0.15) is 18.7 Å². The number of hydrogen-bond donors (Lipinski definition) is 2. The molecule has 2 unspecified atom stereocenters. The Bertz CT molecular complexity index is 380. The van der Waals surface area contributed by atoms with Crippen LogP contribution < -0.4 is 10.2 Å². The highest BCUT2D eigenvalue weighted by atomic mass is 32.2. The molecule has 2 N–H and O–H groups in total. The highest BCUT2D eigenvalue weighted by molar-refractivity contribution is 7.97. The average molecular weight is 253 g/mol. The molecule has 0 spiro atoms. The SMILES string of the molecule is CSCc1nc(N2CCCC3CNCC32)n[nH]1. The third-order valence-electron chi connectivity index (χ3n) is 3.74. The van der Waals surface area contributed by atoms with Crippen molar-refractivity contribution in [2.45, 2.75) is 24.6 Å². The Hall–Kier alpha value is -0.750. The van der Waals surface area contributed by atoms with Crippen LogP contribution in [0, 0.1) is 5.92 Å². The minimum absolute atomic E-state index is 0.599. The number of hydrogen-bond acceptors (Lipinski definition) is 5. The van der Waals surface area contributed by atoms with Crippen molar-refractivity contribution in [3.05, 3.63) is 5.82 Å². The fourth-order valence-electron chi connectivity index (χ4n) is 2.93. The van der Waals surface area contributed by atoms with Crippen molar-refractivity contribution in [3.8, 4) is 0 Å². The molecule has 2 aliphatic rings. The number of anilines is 1. The number of nitrogens with one attached hydrogen (secondary N) is 2. The van der Waals surface area contributed by atoms with Crippen molar-refractivity contribution in [2.24, 2.45) is 5.92 Å². The molecular weight excluding hydrogens is 234 g/mol. The zero-order valence-electron chi connectivity index (χ0n) is 10.1. The summed E-state index contributed by atoms with van der Waals surface area (Å²) in [7, 11) is 0. The molecule has 17 heavy (non-hydrogen) atoms. The molecule has 0 bridgehead atoms. The van der Waals surface area contributed by atoms with Crippen LogP contribution in [0.5, 0.6) is 0 Å². The zero-order chi connectivity index (χ0) is 11.7. The lowest BCUT2D eigenvalue weighted by Gasteiger charge is -2.36. The Morgan fingerprint density at radius 2 is 2.41 bits per heavy atom. The number of nitrogens with zero attached hydrogens (tertiary/aromatic N) is 3. The summed E-state index contributed by atoms with van der Waals surface area (Å²) in [6.45, 7) is 3.33. The molecule has 0 saturated carbocycles. The van der Waals surface area contributed by atoms with Gasteiger partial charge in [0.25, 0.3) is 0 Å². The molecule has 6 heteroatoms. The highest BCUT2D eigenvalue weighted by Crippen LogP contribution is 2.29. The predicted molar refractivity (Wildman–Crippen MR) is 70.3 cm³/mol. The molecule has 1 aromatic heterocycles. The van der Waals surface area contributed by atoms with E-state index in [1.807, 2.05) is 0 Å². The number of thioether (sulfide) groups is 1. The van der Waals surface area contributed by atoms with Crippen LogP contribution in [0.3, 0.4) is 0 Å². The van der Waals surface area contributed by atoms with E-state index < -0.39 is 0 Å². The van der Waals surface area contributed by atoms with Gasteiger partial charge >= 0.3 is 0 Å². The summed E-state index contributed by atoms with van der Waals surface area (Å²) in [5.41, 5.74) is 0. The normalized spacial score (nSPS) is 28.4. The molecule has 5 nitrogen and oxygen atoms in total. The van der Waals surface area contributed by atoms with Gasteiger partial charge in [-0.2, -0.15) is 16.7 Å². The molecule has 3 rings (SSSR count). The molecule has 1 aromatic rings. The number of aromatic amines is 1. The van der Waals surface area contributed by atoms with Gasteiger partial charge in [-0.3, -0.25) is 5.10 Å². The van der Waals surface area contributed by atoms with Crippen LogP contribution in [0.2, 0.25) is 0 Å². The first-order valence-electron chi connectivity index (χ1n) is 6.26. The number of fused-ring (bicyclic) bond motifs is 1. The van der Waals surface area contributed by atoms with E-state index in [1.54, 1.807) is 11.8 Å². The summed E-state index contributed by atoms with van der Waals surface area (Å²) < 4.78 is 0. The summed E-state index contributed by atoms with van der Waals surface area (Å²) in [5, 5.41) is 10.9. The van der Waals surface area contributed by atoms with Crippen LogP contribution in [-0.4, -0.2) is 47.1 Å². The minimum atomic E-state index is 0.599. The third kappa shape index (κ3) is 2.15. The zero-order valence-corrected chi connectivity index (χ0v) is 11.0. The summed E-state index contributed by atoms with van der Waals surface area (Å²) in [6.07, 6.45) is 4.69. The molecule has 2 fully saturated rings. The maximum atomic E-state index is 4.59. The second-order valence-corrected chi connectivity index (χ2v) is 5.70. The Morgan fingerprint density at radius 1 is 1.47 bits per heavy atom. The topological polar surface area (TPSA) is 56.8 Å². The molecule has 0 amide bonds. The standard InChI is InChI=1S/C11H19N5S/c1-17-7-10-13-11(15-14-10)16-4-2-3-8-5-12-6-9(8)16/h8-9,12H,2-7H2,1H3,(H,13,14,15). The summed E-state index contributed by atoms with van der Waals surface area (Å²) >= 11 is 1.77. The van der Waals surface area contributed by atoms with Gasteiger partial charge < -0.3 is 10.2 Å². The Labute approximate surface area is 106 Å². The molecule has 2 atom stereocenters. The molecule has 94 valence electrons. The van der Waals surface area contributed by atoms with E-state index in [1.165, 1.54) is 12.8 Å². The summed E-state index contributed by atoms with van der Waals surface area (Å²) in [6, 6.07) is 0.599. The first kappa shape index (κ1) is 11.3. The van der Waals surface area contributed by atoms with Gasteiger partial charge in [-0.15, -0.1) is 5.10 Å². The predicted octanol–water partition coefficient (Wildman–Crippen LogP) is 0.856. The first-order valence-corrected chi connectivity index (χ1v) is 7.65. The Kier molecular flexibility index (Phi) is 3.24. The number of piperidine rings is 1. The van der Waals surface area contributed by atoms with E-state index in [9.17, 15) is 0 Å². The third-order valence-corrected chi connectivity index (χ3v) is 4.30. The number of aromatic nitrogens is 3. The lowest BCUT2D eigenvalue weighted by atomic mass is 9.92. The second-order valence-electron chi connectivity index (χ2n) is 4.84. The highest BCUT2D eigenvalue weighted by Gasteiger charge is 2.36. The number of rotatable bonds is 3. The molecule has 3 heterocycles. The molecule has 2 aliphatic heterocycles. The lowest BCUT2D eigenvalue weighted by molar-refractivity contribution is 0.381. The largest absolute Gasteiger partial charge is 0.335 e. The molecular formula is C11H19N5S. The monoisotopic (exact) mass is 253 g/mol. The van der Waals surface area contributed by atoms with Crippen molar-refractivity contribution in [1.29, 1.82) is 0 Å². The van der Waals surface area contributed by atoms with Crippen molar-refractivity contribution < 1.29 is 0 Å². The second kappa shape index (κ2) is 4.86. The van der Waals surface area contributed by atoms with Crippen molar-refractivity contribution >= 4 is 17.7 Å². The van der Waals surface area contributed by atoms with E-state index in [0.717, 1.165) is 43.1 Å². The fraction of sp³-hybridized carbons (Fsp3) is 0.818. The van der Waals surface area contributed by atoms with Crippen molar-refractivity contribution in [2.75, 3.05) is 30.8 Å². The van der Waals surface area contributed by atoms with Gasteiger partial charge in [-0.05, 0) is 25.0 Å². The van der Waals surface area contributed by atoms with Gasteiger partial charge in [-0.1, -0.05) is 0 Å².